The largest absolute Gasteiger partial charge is 0.491 e. The van der Waals surface area contributed by atoms with E-state index in [0.717, 1.165) is 38.1 Å². The van der Waals surface area contributed by atoms with Gasteiger partial charge in [-0.15, -0.1) is 0 Å². The molecule has 0 aromatic heterocycles. The lowest BCUT2D eigenvalue weighted by Crippen LogP contribution is -2.39. The van der Waals surface area contributed by atoms with Crippen LogP contribution in [0.4, 0.5) is 0 Å². The maximum Gasteiger partial charge on any atom is 0.253 e. The van der Waals surface area contributed by atoms with Crippen molar-refractivity contribution in [3.05, 3.63) is 29.8 Å². The van der Waals surface area contributed by atoms with Crippen LogP contribution in [0.15, 0.2) is 24.3 Å². The Morgan fingerprint density at radius 2 is 1.95 bits per heavy atom. The summed E-state index contributed by atoms with van der Waals surface area (Å²) < 4.78 is 5.72. The molecule has 0 aliphatic carbocycles. The molecule has 1 amide bonds. The second-order valence-electron chi connectivity index (χ2n) is 5.78. The first-order chi connectivity index (χ1) is 10.1. The lowest BCUT2D eigenvalue weighted by atomic mass is 9.97. The van der Waals surface area contributed by atoms with Crippen LogP contribution in [0.2, 0.25) is 0 Å². The van der Waals surface area contributed by atoms with Gasteiger partial charge in [0.1, 0.15) is 5.75 Å². The smallest absolute Gasteiger partial charge is 0.253 e. The molecule has 1 aromatic carbocycles. The number of ether oxygens (including phenoxy) is 1. The minimum atomic E-state index is 0.0708. The summed E-state index contributed by atoms with van der Waals surface area (Å²) in [5, 5.41) is 9.14. The molecule has 0 bridgehead atoms. The van der Waals surface area contributed by atoms with Gasteiger partial charge in [0.05, 0.1) is 6.10 Å². The van der Waals surface area contributed by atoms with Crippen molar-refractivity contribution in [3.63, 3.8) is 0 Å². The zero-order chi connectivity index (χ0) is 15.2. The Hall–Kier alpha value is -1.55. The fraction of sp³-hybridized carbons (Fsp3) is 0.588. The molecule has 4 nitrogen and oxygen atoms in total. The van der Waals surface area contributed by atoms with Crippen molar-refractivity contribution in [2.75, 3.05) is 19.7 Å². The highest BCUT2D eigenvalue weighted by Crippen LogP contribution is 2.20. The van der Waals surface area contributed by atoms with Crippen molar-refractivity contribution < 1.29 is 14.6 Å². The highest BCUT2D eigenvalue weighted by Gasteiger charge is 2.23. The third kappa shape index (κ3) is 4.21. The number of piperidine rings is 1. The third-order valence-corrected chi connectivity index (χ3v) is 4.17. The molecule has 1 N–H and O–H groups in total. The van der Waals surface area contributed by atoms with E-state index in [0.29, 0.717) is 11.5 Å². The number of aliphatic hydroxyl groups is 1. The summed E-state index contributed by atoms with van der Waals surface area (Å²) >= 11 is 0. The van der Waals surface area contributed by atoms with Gasteiger partial charge in [0.2, 0.25) is 0 Å². The van der Waals surface area contributed by atoms with Gasteiger partial charge in [0.25, 0.3) is 5.91 Å². The minimum absolute atomic E-state index is 0.0708. The Kier molecular flexibility index (Phi) is 5.62. The summed E-state index contributed by atoms with van der Waals surface area (Å²) in [6, 6.07) is 7.39. The van der Waals surface area contributed by atoms with Gasteiger partial charge in [-0.1, -0.05) is 6.92 Å². The van der Waals surface area contributed by atoms with Gasteiger partial charge in [-0.05, 0) is 56.4 Å². The highest BCUT2D eigenvalue weighted by molar-refractivity contribution is 5.94. The Labute approximate surface area is 126 Å². The van der Waals surface area contributed by atoms with E-state index in [1.54, 1.807) is 0 Å². The van der Waals surface area contributed by atoms with E-state index in [1.807, 2.05) is 36.1 Å². The zero-order valence-corrected chi connectivity index (χ0v) is 12.9. The summed E-state index contributed by atoms with van der Waals surface area (Å²) in [6.45, 7) is 5.80. The van der Waals surface area contributed by atoms with E-state index in [-0.39, 0.29) is 18.6 Å². The molecule has 1 unspecified atom stereocenters. The normalized spacial score (nSPS) is 17.6. The fourth-order valence-corrected chi connectivity index (χ4v) is 2.49. The highest BCUT2D eigenvalue weighted by atomic mass is 16.5. The summed E-state index contributed by atoms with van der Waals surface area (Å²) in [5.41, 5.74) is 0.703. The van der Waals surface area contributed by atoms with Gasteiger partial charge >= 0.3 is 0 Å². The van der Waals surface area contributed by atoms with Crippen LogP contribution in [0.5, 0.6) is 5.75 Å². The van der Waals surface area contributed by atoms with Crippen molar-refractivity contribution in [3.8, 4) is 5.75 Å². The number of amides is 1. The van der Waals surface area contributed by atoms with E-state index in [1.165, 1.54) is 0 Å². The molecule has 1 heterocycles. The number of carbonyl (C=O) groups excluding carboxylic acids is 1. The second-order valence-corrected chi connectivity index (χ2v) is 5.78. The van der Waals surface area contributed by atoms with Crippen LogP contribution < -0.4 is 4.74 Å². The van der Waals surface area contributed by atoms with Crippen LogP contribution in [-0.2, 0) is 0 Å². The van der Waals surface area contributed by atoms with Crippen molar-refractivity contribution >= 4 is 5.91 Å². The Morgan fingerprint density at radius 3 is 2.48 bits per heavy atom. The van der Waals surface area contributed by atoms with Crippen LogP contribution in [0, 0.1) is 5.92 Å². The molecule has 1 fully saturated rings. The molecule has 1 atom stereocenters. The molecule has 0 saturated carbocycles. The van der Waals surface area contributed by atoms with Crippen LogP contribution in [0.3, 0.4) is 0 Å². The molecule has 1 aromatic rings. The van der Waals surface area contributed by atoms with E-state index < -0.39 is 0 Å². The second kappa shape index (κ2) is 7.46. The summed E-state index contributed by atoms with van der Waals surface area (Å²) in [5.74, 6) is 1.22. The van der Waals surface area contributed by atoms with Crippen molar-refractivity contribution in [1.29, 1.82) is 0 Å². The maximum absolute atomic E-state index is 12.4. The SMILES string of the molecule is CCC(C)Oc1ccc(C(=O)N2CCC(CO)CC2)cc1. The molecule has 4 heteroatoms. The lowest BCUT2D eigenvalue weighted by Gasteiger charge is -2.31. The van der Waals surface area contributed by atoms with E-state index in [2.05, 4.69) is 6.92 Å². The molecule has 1 aliphatic heterocycles. The van der Waals surface area contributed by atoms with Crippen molar-refractivity contribution in [2.45, 2.75) is 39.2 Å². The Balaban J connectivity index is 1.94. The van der Waals surface area contributed by atoms with Crippen LogP contribution in [0.25, 0.3) is 0 Å². The van der Waals surface area contributed by atoms with Crippen LogP contribution in [0.1, 0.15) is 43.5 Å². The Morgan fingerprint density at radius 1 is 1.33 bits per heavy atom. The topological polar surface area (TPSA) is 49.8 Å². The molecule has 0 radical (unpaired) electrons. The zero-order valence-electron chi connectivity index (χ0n) is 12.9. The average molecular weight is 291 g/mol. The first-order valence-electron chi connectivity index (χ1n) is 7.81. The van der Waals surface area contributed by atoms with Gasteiger partial charge in [-0.25, -0.2) is 0 Å². The van der Waals surface area contributed by atoms with Crippen LogP contribution in [-0.4, -0.2) is 41.7 Å². The summed E-state index contributed by atoms with van der Waals surface area (Å²) in [6.07, 6.45) is 2.92. The number of nitrogens with zero attached hydrogens (tertiary/aromatic N) is 1. The average Bonchev–Trinajstić information content (AvgIpc) is 2.55. The monoisotopic (exact) mass is 291 g/mol. The van der Waals surface area contributed by atoms with E-state index in [9.17, 15) is 4.79 Å². The van der Waals surface area contributed by atoms with Gasteiger partial charge < -0.3 is 14.7 Å². The number of aliphatic hydroxyl groups excluding tert-OH is 1. The van der Waals surface area contributed by atoms with E-state index >= 15 is 0 Å². The van der Waals surface area contributed by atoms with Gasteiger partial charge in [0, 0.05) is 25.3 Å². The number of likely N-dealkylation sites (tertiary alicyclic amines) is 1. The number of hydrogen-bond donors (Lipinski definition) is 1. The van der Waals surface area contributed by atoms with Crippen molar-refractivity contribution in [1.82, 2.24) is 4.90 Å². The predicted octanol–water partition coefficient (Wildman–Crippen LogP) is 2.71. The molecule has 1 aliphatic rings. The number of benzene rings is 1. The first-order valence-corrected chi connectivity index (χ1v) is 7.81. The quantitative estimate of drug-likeness (QED) is 0.907. The van der Waals surface area contributed by atoms with Gasteiger partial charge in [0.15, 0.2) is 0 Å². The standard InChI is InChI=1S/C17H25NO3/c1-3-13(2)21-16-6-4-15(5-7-16)17(20)18-10-8-14(12-19)9-11-18/h4-7,13-14,19H,3,8-12H2,1-2H3. The van der Waals surface area contributed by atoms with Crippen LogP contribution >= 0.6 is 0 Å². The first kappa shape index (κ1) is 15.8. The molecule has 116 valence electrons. The number of carbonyl (C=O) groups is 1. The maximum atomic E-state index is 12.4. The van der Waals surface area contributed by atoms with Gasteiger partial charge in [-0.2, -0.15) is 0 Å². The Bertz CT molecular complexity index is 450. The molecular formula is C17H25NO3. The van der Waals surface area contributed by atoms with E-state index in [4.69, 9.17) is 9.84 Å². The number of hydrogen-bond acceptors (Lipinski definition) is 3. The minimum Gasteiger partial charge on any atom is -0.491 e. The van der Waals surface area contributed by atoms with Gasteiger partial charge in [-0.3, -0.25) is 4.79 Å². The lowest BCUT2D eigenvalue weighted by molar-refractivity contribution is 0.0651. The number of rotatable bonds is 5. The summed E-state index contributed by atoms with van der Waals surface area (Å²) in [7, 11) is 0. The predicted molar refractivity (Wildman–Crippen MR) is 82.5 cm³/mol. The molecule has 0 spiro atoms. The van der Waals surface area contributed by atoms with Crippen molar-refractivity contribution in [2.24, 2.45) is 5.92 Å². The molecular weight excluding hydrogens is 266 g/mol. The molecule has 21 heavy (non-hydrogen) atoms. The summed E-state index contributed by atoms with van der Waals surface area (Å²) in [4.78, 5) is 14.3. The molecule has 1 saturated heterocycles. The fourth-order valence-electron chi connectivity index (χ4n) is 2.49. The molecule has 2 rings (SSSR count). The third-order valence-electron chi connectivity index (χ3n) is 4.17.